The van der Waals surface area contributed by atoms with Gasteiger partial charge in [0.15, 0.2) is 5.69 Å². The minimum atomic E-state index is -4.45. The second kappa shape index (κ2) is 4.00. The van der Waals surface area contributed by atoms with Crippen LogP contribution in [0, 0.1) is 0 Å². The molecule has 1 heterocycles. The molecule has 0 saturated carbocycles. The van der Waals surface area contributed by atoms with Crippen molar-refractivity contribution in [2.24, 2.45) is 0 Å². The molecule has 0 N–H and O–H groups in total. The third-order valence-corrected chi connectivity index (χ3v) is 3.39. The molecule has 0 radical (unpaired) electrons. The van der Waals surface area contributed by atoms with Gasteiger partial charge in [0.05, 0.1) is 0 Å². The third kappa shape index (κ3) is 2.62. The van der Waals surface area contributed by atoms with Crippen LogP contribution in [0.15, 0.2) is 12.3 Å². The average molecular weight is 236 g/mol. The van der Waals surface area contributed by atoms with Crippen molar-refractivity contribution in [3.05, 3.63) is 23.5 Å². The van der Waals surface area contributed by atoms with Crippen LogP contribution in [0.1, 0.15) is 25.1 Å². The lowest BCUT2D eigenvalue weighted by Gasteiger charge is -2.24. The van der Waals surface area contributed by atoms with E-state index in [4.69, 9.17) is 0 Å². The van der Waals surface area contributed by atoms with Gasteiger partial charge in [-0.1, -0.05) is 0 Å². The van der Waals surface area contributed by atoms with Gasteiger partial charge < -0.3 is 0 Å². The van der Waals surface area contributed by atoms with E-state index in [0.717, 1.165) is 0 Å². The maximum absolute atomic E-state index is 12.6. The summed E-state index contributed by atoms with van der Waals surface area (Å²) in [4.78, 5) is 0. The van der Waals surface area contributed by atoms with Gasteiger partial charge in [0, 0.05) is 16.5 Å². The summed E-state index contributed by atoms with van der Waals surface area (Å²) in [5.74, 6) is 0. The molecule has 0 unspecified atom stereocenters. The molecular formula is C9H11F3N2S. The van der Waals surface area contributed by atoms with Crippen LogP contribution in [0.3, 0.4) is 0 Å². The predicted octanol–water partition coefficient (Wildman–Crippen LogP) is 3.09. The zero-order valence-corrected chi connectivity index (χ0v) is 9.41. The fourth-order valence-corrected chi connectivity index (χ4v) is 1.52. The number of thioether (sulfide) groups is 1. The lowest BCUT2D eigenvalue weighted by atomic mass is 10.0. The number of hydrogen-bond acceptors (Lipinski definition) is 3. The first kappa shape index (κ1) is 12.3. The Morgan fingerprint density at radius 1 is 1.27 bits per heavy atom. The minimum absolute atomic E-state index is 0.164. The van der Waals surface area contributed by atoms with Crippen LogP contribution in [0.25, 0.3) is 0 Å². The van der Waals surface area contributed by atoms with E-state index in [-0.39, 0.29) is 5.56 Å². The van der Waals surface area contributed by atoms with Crippen LogP contribution in [-0.2, 0) is 10.9 Å². The van der Waals surface area contributed by atoms with E-state index < -0.39 is 16.6 Å². The molecule has 0 saturated heterocycles. The van der Waals surface area contributed by atoms with Gasteiger partial charge in [-0.25, -0.2) is 0 Å². The van der Waals surface area contributed by atoms with Gasteiger partial charge >= 0.3 is 6.18 Å². The Labute approximate surface area is 90.3 Å². The van der Waals surface area contributed by atoms with Crippen molar-refractivity contribution in [3.8, 4) is 0 Å². The first-order valence-electron chi connectivity index (χ1n) is 4.23. The van der Waals surface area contributed by atoms with Crippen LogP contribution < -0.4 is 0 Å². The standard InChI is InChI=1S/C9H11F3N2S/c1-8(2,15-3)6-4-5-13-14-7(6)9(10,11)12/h4-5H,1-3H3. The monoisotopic (exact) mass is 236 g/mol. The number of hydrogen-bond donors (Lipinski definition) is 0. The van der Waals surface area contributed by atoms with E-state index in [1.54, 1.807) is 20.1 Å². The molecule has 0 spiro atoms. The van der Waals surface area contributed by atoms with Gasteiger partial charge in [-0.3, -0.25) is 0 Å². The molecule has 6 heteroatoms. The number of rotatable bonds is 2. The first-order chi connectivity index (χ1) is 6.79. The molecule has 0 aliphatic heterocycles. The largest absolute Gasteiger partial charge is 0.435 e. The fourth-order valence-electron chi connectivity index (χ4n) is 1.14. The normalized spacial score (nSPS) is 12.9. The summed E-state index contributed by atoms with van der Waals surface area (Å²) in [5, 5.41) is 6.46. The highest BCUT2D eigenvalue weighted by Gasteiger charge is 2.39. The van der Waals surface area contributed by atoms with Gasteiger partial charge in [0.1, 0.15) is 0 Å². The van der Waals surface area contributed by atoms with Gasteiger partial charge in [-0.05, 0) is 26.2 Å². The lowest BCUT2D eigenvalue weighted by molar-refractivity contribution is -0.142. The number of aromatic nitrogens is 2. The number of alkyl halides is 3. The van der Waals surface area contributed by atoms with Crippen molar-refractivity contribution < 1.29 is 13.2 Å². The van der Waals surface area contributed by atoms with Crippen molar-refractivity contribution in [3.63, 3.8) is 0 Å². The highest BCUT2D eigenvalue weighted by molar-refractivity contribution is 7.99. The molecule has 1 rings (SSSR count). The third-order valence-electron chi connectivity index (χ3n) is 2.15. The molecule has 0 aliphatic carbocycles. The Morgan fingerprint density at radius 2 is 1.87 bits per heavy atom. The van der Waals surface area contributed by atoms with Crippen LogP contribution in [0.4, 0.5) is 13.2 Å². The van der Waals surface area contributed by atoms with Gasteiger partial charge in [0.25, 0.3) is 0 Å². The second-order valence-electron chi connectivity index (χ2n) is 3.51. The Bertz CT molecular complexity index is 349. The highest BCUT2D eigenvalue weighted by atomic mass is 32.2. The number of halogens is 3. The summed E-state index contributed by atoms with van der Waals surface area (Å²) in [6.45, 7) is 3.45. The zero-order chi connectivity index (χ0) is 11.7. The smallest absolute Gasteiger partial charge is 0.164 e. The molecule has 0 aliphatic rings. The molecule has 0 bridgehead atoms. The molecule has 15 heavy (non-hydrogen) atoms. The Balaban J connectivity index is 3.31. The second-order valence-corrected chi connectivity index (χ2v) is 4.93. The molecule has 0 fully saturated rings. The average Bonchev–Trinajstić information content (AvgIpc) is 2.16. The van der Waals surface area contributed by atoms with Gasteiger partial charge in [-0.15, -0.1) is 5.10 Å². The van der Waals surface area contributed by atoms with Crippen LogP contribution in [0.2, 0.25) is 0 Å². The minimum Gasteiger partial charge on any atom is -0.164 e. The summed E-state index contributed by atoms with van der Waals surface area (Å²) in [7, 11) is 0. The van der Waals surface area contributed by atoms with Gasteiger partial charge in [-0.2, -0.15) is 30.0 Å². The maximum Gasteiger partial charge on any atom is 0.435 e. The first-order valence-corrected chi connectivity index (χ1v) is 5.46. The summed E-state index contributed by atoms with van der Waals surface area (Å²) in [6.07, 6.45) is -1.40. The zero-order valence-electron chi connectivity index (χ0n) is 8.59. The predicted molar refractivity (Wildman–Crippen MR) is 53.6 cm³/mol. The van der Waals surface area contributed by atoms with Crippen molar-refractivity contribution in [2.75, 3.05) is 6.26 Å². The van der Waals surface area contributed by atoms with E-state index in [1.165, 1.54) is 24.0 Å². The van der Waals surface area contributed by atoms with Crippen LogP contribution in [-0.4, -0.2) is 16.5 Å². The van der Waals surface area contributed by atoms with Gasteiger partial charge in [0.2, 0.25) is 0 Å². The summed E-state index contributed by atoms with van der Waals surface area (Å²) < 4.78 is 37.2. The summed E-state index contributed by atoms with van der Waals surface area (Å²) >= 11 is 1.34. The Kier molecular flexibility index (Phi) is 3.28. The Morgan fingerprint density at radius 3 is 2.33 bits per heavy atom. The van der Waals surface area contributed by atoms with E-state index in [2.05, 4.69) is 10.2 Å². The van der Waals surface area contributed by atoms with Crippen LogP contribution >= 0.6 is 11.8 Å². The SMILES string of the molecule is CSC(C)(C)c1ccnnc1C(F)(F)F. The fraction of sp³-hybridized carbons (Fsp3) is 0.556. The van der Waals surface area contributed by atoms with E-state index in [1.807, 2.05) is 0 Å². The van der Waals surface area contributed by atoms with Crippen molar-refractivity contribution in [1.82, 2.24) is 10.2 Å². The van der Waals surface area contributed by atoms with E-state index >= 15 is 0 Å². The number of nitrogens with zero attached hydrogens (tertiary/aromatic N) is 2. The molecule has 0 amide bonds. The lowest BCUT2D eigenvalue weighted by Crippen LogP contribution is -2.21. The molecule has 0 atom stereocenters. The molecule has 0 aromatic carbocycles. The van der Waals surface area contributed by atoms with Crippen molar-refractivity contribution in [1.29, 1.82) is 0 Å². The summed E-state index contributed by atoms with van der Waals surface area (Å²) in [5.41, 5.74) is -0.734. The molecular weight excluding hydrogens is 225 g/mol. The topological polar surface area (TPSA) is 25.8 Å². The maximum atomic E-state index is 12.6. The summed E-state index contributed by atoms with van der Waals surface area (Å²) in [6, 6.07) is 1.37. The Hall–Kier alpha value is -0.780. The van der Waals surface area contributed by atoms with Crippen LogP contribution in [0.5, 0.6) is 0 Å². The van der Waals surface area contributed by atoms with Crippen molar-refractivity contribution in [2.45, 2.75) is 24.8 Å². The van der Waals surface area contributed by atoms with E-state index in [9.17, 15) is 13.2 Å². The molecule has 2 nitrogen and oxygen atoms in total. The molecule has 1 aromatic heterocycles. The highest BCUT2D eigenvalue weighted by Crippen LogP contribution is 2.40. The molecule has 84 valence electrons. The molecule has 1 aromatic rings. The van der Waals surface area contributed by atoms with Crippen molar-refractivity contribution >= 4 is 11.8 Å². The quantitative estimate of drug-likeness (QED) is 0.789. The van der Waals surface area contributed by atoms with E-state index in [0.29, 0.717) is 0 Å².